The highest BCUT2D eigenvalue weighted by Gasteiger charge is 2.10. The van der Waals surface area contributed by atoms with Gasteiger partial charge in [0, 0.05) is 18.2 Å². The number of rotatable bonds is 2. The van der Waals surface area contributed by atoms with Gasteiger partial charge in [0.15, 0.2) is 0 Å². The van der Waals surface area contributed by atoms with Crippen LogP contribution in [-0.2, 0) is 0 Å². The van der Waals surface area contributed by atoms with Crippen molar-refractivity contribution in [1.82, 2.24) is 9.97 Å². The smallest absolute Gasteiger partial charge is 0.132 e. The molecule has 0 aliphatic rings. The Morgan fingerprint density at radius 1 is 0.900 bits per heavy atom. The predicted octanol–water partition coefficient (Wildman–Crippen LogP) is 3.96. The molecule has 1 aromatic heterocycles. The fourth-order valence-electron chi connectivity index (χ4n) is 2.49. The minimum Gasteiger partial charge on any atom is -0.373 e. The third kappa shape index (κ3) is 2.11. The molecule has 0 fully saturated rings. The molecule has 0 radical (unpaired) electrons. The first kappa shape index (κ1) is 12.6. The van der Waals surface area contributed by atoms with Crippen molar-refractivity contribution in [2.45, 2.75) is 13.8 Å². The maximum Gasteiger partial charge on any atom is 0.132 e. The Labute approximate surface area is 118 Å². The van der Waals surface area contributed by atoms with Gasteiger partial charge in [0.25, 0.3) is 0 Å². The van der Waals surface area contributed by atoms with E-state index in [0.717, 1.165) is 28.5 Å². The molecule has 0 saturated carbocycles. The molecule has 100 valence electrons. The van der Waals surface area contributed by atoms with Crippen LogP contribution in [0.25, 0.3) is 22.0 Å². The molecular formula is C17H17N3. The first-order valence-electron chi connectivity index (χ1n) is 6.71. The molecule has 0 unspecified atom stereocenters. The van der Waals surface area contributed by atoms with Crippen molar-refractivity contribution in [3.8, 4) is 11.3 Å². The van der Waals surface area contributed by atoms with E-state index in [9.17, 15) is 0 Å². The molecular weight excluding hydrogens is 246 g/mol. The summed E-state index contributed by atoms with van der Waals surface area (Å²) in [6.45, 7) is 3.97. The minimum atomic E-state index is 0.781. The molecule has 20 heavy (non-hydrogen) atoms. The first-order valence-corrected chi connectivity index (χ1v) is 6.71. The Kier molecular flexibility index (Phi) is 3.11. The monoisotopic (exact) mass is 263 g/mol. The quantitative estimate of drug-likeness (QED) is 0.760. The molecule has 1 heterocycles. The topological polar surface area (TPSA) is 37.8 Å². The average Bonchev–Trinajstić information content (AvgIpc) is 2.48. The maximum absolute atomic E-state index is 4.61. The lowest BCUT2D eigenvalue weighted by molar-refractivity contribution is 1.04. The van der Waals surface area contributed by atoms with Gasteiger partial charge in [-0.2, -0.15) is 0 Å². The first-order chi connectivity index (χ1) is 9.69. The highest BCUT2D eigenvalue weighted by atomic mass is 15.0. The lowest BCUT2D eigenvalue weighted by Crippen LogP contribution is -2.02. The van der Waals surface area contributed by atoms with Crippen LogP contribution in [0.3, 0.4) is 0 Å². The van der Waals surface area contributed by atoms with E-state index in [-0.39, 0.29) is 0 Å². The van der Waals surface area contributed by atoms with Gasteiger partial charge < -0.3 is 5.32 Å². The summed E-state index contributed by atoms with van der Waals surface area (Å²) in [4.78, 5) is 9.02. The zero-order chi connectivity index (χ0) is 14.1. The minimum absolute atomic E-state index is 0.781. The van der Waals surface area contributed by atoms with Crippen molar-refractivity contribution in [2.75, 3.05) is 12.4 Å². The number of nitrogens with one attached hydrogen (secondary N) is 1. The van der Waals surface area contributed by atoms with Crippen molar-refractivity contribution >= 4 is 16.6 Å². The van der Waals surface area contributed by atoms with E-state index in [1.165, 1.54) is 10.8 Å². The summed E-state index contributed by atoms with van der Waals surface area (Å²) in [5.74, 6) is 1.67. The van der Waals surface area contributed by atoms with E-state index in [0.29, 0.717) is 0 Å². The third-order valence-corrected chi connectivity index (χ3v) is 3.52. The van der Waals surface area contributed by atoms with Crippen molar-refractivity contribution in [2.24, 2.45) is 0 Å². The van der Waals surface area contributed by atoms with E-state index in [1.54, 1.807) is 0 Å². The summed E-state index contributed by atoms with van der Waals surface area (Å²) in [7, 11) is 1.89. The molecule has 0 aliphatic carbocycles. The van der Waals surface area contributed by atoms with Gasteiger partial charge in [-0.05, 0) is 30.7 Å². The Balaban J connectivity index is 2.22. The van der Waals surface area contributed by atoms with E-state index >= 15 is 0 Å². The van der Waals surface area contributed by atoms with Gasteiger partial charge in [-0.25, -0.2) is 9.97 Å². The van der Waals surface area contributed by atoms with Crippen molar-refractivity contribution < 1.29 is 0 Å². The summed E-state index contributed by atoms with van der Waals surface area (Å²) in [6, 6.07) is 14.8. The fraction of sp³-hybridized carbons (Fsp3) is 0.176. The maximum atomic E-state index is 4.61. The van der Waals surface area contributed by atoms with E-state index in [1.807, 2.05) is 14.0 Å². The number of benzene rings is 2. The molecule has 0 aliphatic heterocycles. The van der Waals surface area contributed by atoms with Gasteiger partial charge in [-0.1, -0.05) is 36.4 Å². The van der Waals surface area contributed by atoms with Crippen LogP contribution >= 0.6 is 0 Å². The second-order valence-electron chi connectivity index (χ2n) is 4.90. The van der Waals surface area contributed by atoms with Crippen LogP contribution in [0.2, 0.25) is 0 Å². The average molecular weight is 263 g/mol. The molecule has 0 atom stereocenters. The summed E-state index contributed by atoms with van der Waals surface area (Å²) in [6.07, 6.45) is 0. The summed E-state index contributed by atoms with van der Waals surface area (Å²) in [5, 5.41) is 5.60. The van der Waals surface area contributed by atoms with Crippen molar-refractivity contribution in [1.29, 1.82) is 0 Å². The standard InChI is InChI=1S/C17H17N3/c1-11-16(19-12(2)20-17(11)18-3)15-9-8-13-6-4-5-7-14(13)10-15/h4-10H,1-3H3,(H,18,19,20). The molecule has 3 aromatic rings. The Bertz CT molecular complexity index is 778. The van der Waals surface area contributed by atoms with E-state index in [2.05, 4.69) is 64.7 Å². The molecule has 0 bridgehead atoms. The number of hydrogen-bond acceptors (Lipinski definition) is 3. The Morgan fingerprint density at radius 3 is 2.40 bits per heavy atom. The molecule has 3 heteroatoms. The molecule has 0 spiro atoms. The summed E-state index contributed by atoms with van der Waals surface area (Å²) in [5.41, 5.74) is 3.20. The van der Waals surface area contributed by atoms with Gasteiger partial charge in [0.2, 0.25) is 0 Å². The van der Waals surface area contributed by atoms with Crippen LogP contribution in [0.15, 0.2) is 42.5 Å². The molecule has 0 saturated heterocycles. The number of fused-ring (bicyclic) bond motifs is 1. The fourth-order valence-corrected chi connectivity index (χ4v) is 2.49. The molecule has 3 nitrogen and oxygen atoms in total. The van der Waals surface area contributed by atoms with Crippen LogP contribution in [0.1, 0.15) is 11.4 Å². The second kappa shape index (κ2) is 4.93. The second-order valence-corrected chi connectivity index (χ2v) is 4.90. The summed E-state index contributed by atoms with van der Waals surface area (Å²) < 4.78 is 0. The molecule has 1 N–H and O–H groups in total. The highest BCUT2D eigenvalue weighted by molar-refractivity contribution is 5.87. The van der Waals surface area contributed by atoms with Gasteiger partial charge in [-0.3, -0.25) is 0 Å². The molecule has 2 aromatic carbocycles. The number of anilines is 1. The zero-order valence-corrected chi connectivity index (χ0v) is 11.9. The SMILES string of the molecule is CNc1nc(C)nc(-c2ccc3ccccc3c2)c1C. The largest absolute Gasteiger partial charge is 0.373 e. The zero-order valence-electron chi connectivity index (χ0n) is 11.9. The van der Waals surface area contributed by atoms with Crippen molar-refractivity contribution in [3.63, 3.8) is 0 Å². The van der Waals surface area contributed by atoms with Crippen molar-refractivity contribution in [3.05, 3.63) is 53.9 Å². The van der Waals surface area contributed by atoms with Crippen LogP contribution in [0.4, 0.5) is 5.82 Å². The number of aryl methyl sites for hydroxylation is 1. The number of nitrogens with zero attached hydrogens (tertiary/aromatic N) is 2. The van der Waals surface area contributed by atoms with Gasteiger partial charge >= 0.3 is 0 Å². The normalized spacial score (nSPS) is 10.8. The molecule has 0 amide bonds. The van der Waals surface area contributed by atoms with Crippen LogP contribution < -0.4 is 5.32 Å². The van der Waals surface area contributed by atoms with Gasteiger partial charge in [0.1, 0.15) is 11.6 Å². The van der Waals surface area contributed by atoms with Gasteiger partial charge in [-0.15, -0.1) is 0 Å². The lowest BCUT2D eigenvalue weighted by Gasteiger charge is -2.11. The lowest BCUT2D eigenvalue weighted by atomic mass is 10.0. The highest BCUT2D eigenvalue weighted by Crippen LogP contribution is 2.28. The van der Waals surface area contributed by atoms with Crippen LogP contribution in [0.5, 0.6) is 0 Å². The predicted molar refractivity (Wildman–Crippen MR) is 84.0 cm³/mol. The Hall–Kier alpha value is -2.42. The van der Waals surface area contributed by atoms with Crippen LogP contribution in [-0.4, -0.2) is 17.0 Å². The van der Waals surface area contributed by atoms with E-state index in [4.69, 9.17) is 0 Å². The van der Waals surface area contributed by atoms with E-state index < -0.39 is 0 Å². The van der Waals surface area contributed by atoms with Gasteiger partial charge in [0.05, 0.1) is 5.69 Å². The van der Waals surface area contributed by atoms with Crippen LogP contribution in [0, 0.1) is 13.8 Å². The third-order valence-electron chi connectivity index (χ3n) is 3.52. The number of hydrogen-bond donors (Lipinski definition) is 1. The summed E-state index contributed by atoms with van der Waals surface area (Å²) >= 11 is 0. The molecule has 3 rings (SSSR count). The number of aromatic nitrogens is 2. The Morgan fingerprint density at radius 2 is 1.65 bits per heavy atom.